The minimum Gasteiger partial charge on any atom is -0.497 e. The molecule has 0 aliphatic carbocycles. The zero-order valence-electron chi connectivity index (χ0n) is 27.7. The predicted molar refractivity (Wildman–Crippen MR) is 185 cm³/mol. The van der Waals surface area contributed by atoms with Gasteiger partial charge in [0.05, 0.1) is 62.1 Å². The van der Waals surface area contributed by atoms with Gasteiger partial charge in [0.2, 0.25) is 0 Å². The maximum absolute atomic E-state index is 12.6. The summed E-state index contributed by atoms with van der Waals surface area (Å²) in [6.45, 7) is 10.1. The molecule has 4 unspecified atom stereocenters. The standard InChI is InChI=1S/C20H25N2O.C17H18N3O3S/c1-3-14-13-22(2)11-9-15(14)12-19(22)20(23)17-8-10-21-18-7-5-4-6-16(17)18;1-10-8-18-15(11(2)16(10)23-4)9-24(21)17-19-13-6-5-12(22-3)7-14(13)20-17/h3-8,10,14-15,19-20,23H,1,9,11-13H2,2H3;5-8H,9H2,1-4H3/q+1;-1/t14?,15?,19-,20+,22?;/m0./s1. The third-order valence-corrected chi connectivity index (χ3v) is 11.2. The van der Waals surface area contributed by atoms with Gasteiger partial charge in [-0.1, -0.05) is 30.3 Å². The molecule has 0 saturated carbocycles. The van der Waals surface area contributed by atoms with E-state index in [-0.39, 0.29) is 11.8 Å². The maximum Gasteiger partial charge on any atom is 0.131 e. The Morgan fingerprint density at radius 1 is 1.13 bits per heavy atom. The summed E-state index contributed by atoms with van der Waals surface area (Å²) in [7, 11) is 4.14. The van der Waals surface area contributed by atoms with Gasteiger partial charge in [-0.2, -0.15) is 0 Å². The first-order chi connectivity index (χ1) is 22.6. The monoisotopic (exact) mass is 653 g/mol. The topological polar surface area (TPSA) is 109 Å². The van der Waals surface area contributed by atoms with Gasteiger partial charge >= 0.3 is 0 Å². The van der Waals surface area contributed by atoms with Crippen LogP contribution in [-0.4, -0.2) is 69.1 Å². The van der Waals surface area contributed by atoms with Crippen LogP contribution >= 0.6 is 0 Å². The third-order valence-electron chi connectivity index (χ3n) is 10.1. The van der Waals surface area contributed by atoms with Gasteiger partial charge in [0.25, 0.3) is 0 Å². The largest absolute Gasteiger partial charge is 0.497 e. The van der Waals surface area contributed by atoms with Gasteiger partial charge in [0.15, 0.2) is 0 Å². The molecular formula is C37H43N5O4S. The highest BCUT2D eigenvalue weighted by atomic mass is 32.2. The number of quaternary nitrogens is 1. The summed E-state index contributed by atoms with van der Waals surface area (Å²) in [5, 5.41) is 12.6. The number of methoxy groups -OCH3 is 2. The lowest BCUT2D eigenvalue weighted by Gasteiger charge is -2.56. The molecule has 0 spiro atoms. The molecule has 0 amide bonds. The first-order valence-corrected chi connectivity index (χ1v) is 17.3. The zero-order chi connectivity index (χ0) is 33.3. The Hall–Kier alpha value is -4.12. The van der Waals surface area contributed by atoms with Crippen molar-refractivity contribution in [1.82, 2.24) is 19.9 Å². The SMILES string of the molecule is C=CC1C[N+]2(C)CCC1C[C@H]2[C@H](O)c1ccnc2ccccc12.COc1ccc2[n-]c(S(=O)Cc3ncc(C)c(OC)c3C)nc2c1. The first kappa shape index (κ1) is 32.8. The number of fused-ring (bicyclic) bond motifs is 5. The smallest absolute Gasteiger partial charge is 0.131 e. The number of likely N-dealkylation sites (N-methyl/N-ethyl adjacent to an activating group) is 1. The number of aliphatic hydroxyl groups excluding tert-OH is 1. The molecule has 6 heterocycles. The highest BCUT2D eigenvalue weighted by Gasteiger charge is 2.51. The van der Waals surface area contributed by atoms with Crippen LogP contribution in [0.3, 0.4) is 0 Å². The van der Waals surface area contributed by atoms with E-state index < -0.39 is 16.9 Å². The molecule has 1 N–H and O–H groups in total. The number of rotatable bonds is 8. The number of ether oxygens (including phenoxy) is 2. The Kier molecular flexibility index (Phi) is 9.46. The molecule has 0 radical (unpaired) electrons. The van der Waals surface area contributed by atoms with Crippen LogP contribution in [0.2, 0.25) is 0 Å². The average molecular weight is 654 g/mol. The number of piperidine rings is 3. The highest BCUT2D eigenvalue weighted by Crippen LogP contribution is 2.45. The molecule has 5 aromatic rings. The molecule has 2 bridgehead atoms. The van der Waals surface area contributed by atoms with Crippen LogP contribution in [0.25, 0.3) is 21.9 Å². The average Bonchev–Trinajstić information content (AvgIpc) is 3.53. The summed E-state index contributed by atoms with van der Waals surface area (Å²) in [5.41, 5.74) is 5.93. The van der Waals surface area contributed by atoms with Gasteiger partial charge in [-0.05, 0) is 60.6 Å². The number of benzene rings is 2. The Morgan fingerprint density at radius 2 is 1.94 bits per heavy atom. The molecule has 3 fully saturated rings. The van der Waals surface area contributed by atoms with Crippen molar-refractivity contribution in [3.63, 3.8) is 0 Å². The van der Waals surface area contributed by atoms with Crippen LogP contribution in [0.4, 0.5) is 0 Å². The van der Waals surface area contributed by atoms with Crippen molar-refractivity contribution in [3.8, 4) is 11.5 Å². The zero-order valence-corrected chi connectivity index (χ0v) is 28.5. The normalized spacial score (nSPS) is 23.1. The lowest BCUT2D eigenvalue weighted by molar-refractivity contribution is -0.956. The van der Waals surface area contributed by atoms with E-state index in [1.54, 1.807) is 38.6 Å². The van der Waals surface area contributed by atoms with Gasteiger partial charge in [0, 0.05) is 52.8 Å². The molecule has 10 heteroatoms. The number of imidazole rings is 1. The second kappa shape index (κ2) is 13.5. The van der Waals surface area contributed by atoms with Crippen molar-refractivity contribution in [2.45, 2.75) is 49.7 Å². The fourth-order valence-corrected chi connectivity index (χ4v) is 8.50. The minimum atomic E-state index is -1.38. The van der Waals surface area contributed by atoms with Gasteiger partial charge in [0.1, 0.15) is 23.6 Å². The number of pyridine rings is 2. The van der Waals surface area contributed by atoms with Gasteiger partial charge in [-0.25, -0.2) is 0 Å². The fourth-order valence-electron chi connectivity index (χ4n) is 7.43. The van der Waals surface area contributed by atoms with Gasteiger partial charge < -0.3 is 29.0 Å². The number of aryl methyl sites for hydroxylation is 1. The van der Waals surface area contributed by atoms with E-state index in [0.717, 1.165) is 56.5 Å². The quantitative estimate of drug-likeness (QED) is 0.165. The fraction of sp³-hybridized carbons (Fsp3) is 0.378. The molecule has 3 aliphatic rings. The van der Waals surface area contributed by atoms with Crippen LogP contribution in [-0.2, 0) is 16.6 Å². The van der Waals surface area contributed by atoms with E-state index in [1.165, 1.54) is 13.0 Å². The van der Waals surface area contributed by atoms with Crippen molar-refractivity contribution in [1.29, 1.82) is 0 Å². The summed E-state index contributed by atoms with van der Waals surface area (Å²) in [6, 6.07) is 15.8. The minimum absolute atomic E-state index is 0.246. The molecule has 3 aromatic heterocycles. The predicted octanol–water partition coefficient (Wildman–Crippen LogP) is 5.84. The van der Waals surface area contributed by atoms with E-state index in [4.69, 9.17) is 9.47 Å². The van der Waals surface area contributed by atoms with E-state index in [9.17, 15) is 9.32 Å². The molecule has 8 rings (SSSR count). The summed E-state index contributed by atoms with van der Waals surface area (Å²) < 4.78 is 24.2. The Morgan fingerprint density at radius 3 is 2.68 bits per heavy atom. The maximum atomic E-state index is 12.6. The van der Waals surface area contributed by atoms with Crippen molar-refractivity contribution in [3.05, 3.63) is 96.0 Å². The van der Waals surface area contributed by atoms with Gasteiger partial charge in [-0.15, -0.1) is 6.58 Å². The Balaban J connectivity index is 0.000000164. The van der Waals surface area contributed by atoms with E-state index in [2.05, 4.69) is 45.7 Å². The lowest BCUT2D eigenvalue weighted by Crippen LogP contribution is -2.66. The van der Waals surface area contributed by atoms with Crippen LogP contribution in [0, 0.1) is 25.7 Å². The number of aliphatic hydroxyl groups is 1. The molecule has 2 aromatic carbocycles. The summed E-state index contributed by atoms with van der Waals surface area (Å²) in [5.74, 6) is 3.00. The number of hydrogen-bond donors (Lipinski definition) is 1. The molecular weight excluding hydrogens is 611 g/mol. The summed E-state index contributed by atoms with van der Waals surface area (Å²) in [6.07, 6.45) is 7.60. The summed E-state index contributed by atoms with van der Waals surface area (Å²) >= 11 is 0. The molecule has 9 nitrogen and oxygen atoms in total. The number of nitrogens with zero attached hydrogens (tertiary/aromatic N) is 5. The Labute approximate surface area is 278 Å². The second-order valence-electron chi connectivity index (χ2n) is 12.9. The molecule has 6 atom stereocenters. The van der Waals surface area contributed by atoms with E-state index in [1.807, 2.05) is 44.3 Å². The number of hydrogen-bond acceptors (Lipinski definition) is 7. The van der Waals surface area contributed by atoms with Crippen LogP contribution < -0.4 is 14.5 Å². The molecule has 47 heavy (non-hydrogen) atoms. The van der Waals surface area contributed by atoms with Crippen LogP contribution in [0.5, 0.6) is 11.5 Å². The molecule has 246 valence electrons. The lowest BCUT2D eigenvalue weighted by atomic mass is 9.72. The number of para-hydroxylation sites is 1. The second-order valence-corrected chi connectivity index (χ2v) is 14.2. The first-order valence-electron chi connectivity index (χ1n) is 16.0. The molecule has 3 saturated heterocycles. The van der Waals surface area contributed by atoms with E-state index in [0.29, 0.717) is 33.8 Å². The van der Waals surface area contributed by atoms with Crippen LogP contribution in [0.1, 0.15) is 41.3 Å². The van der Waals surface area contributed by atoms with Crippen molar-refractivity contribution < 1.29 is 23.3 Å². The highest BCUT2D eigenvalue weighted by molar-refractivity contribution is 7.84. The van der Waals surface area contributed by atoms with Crippen LogP contribution in [0.15, 0.2) is 78.7 Å². The summed E-state index contributed by atoms with van der Waals surface area (Å²) in [4.78, 5) is 17.5. The van der Waals surface area contributed by atoms with Crippen molar-refractivity contribution >= 4 is 32.7 Å². The van der Waals surface area contributed by atoms with Gasteiger partial charge in [-0.3, -0.25) is 14.2 Å². The third kappa shape index (κ3) is 6.42. The van der Waals surface area contributed by atoms with Crippen molar-refractivity contribution in [2.24, 2.45) is 11.8 Å². The van der Waals surface area contributed by atoms with E-state index >= 15 is 0 Å². The number of aromatic nitrogens is 4. The van der Waals surface area contributed by atoms with Crippen molar-refractivity contribution in [2.75, 3.05) is 34.4 Å². The molecule has 3 aliphatic heterocycles. The Bertz CT molecular complexity index is 1940.